The second kappa shape index (κ2) is 26.7. The number of nitrogens with zero attached hydrogens (tertiary/aromatic N) is 9. The zero-order valence-electron chi connectivity index (χ0n) is 54.2. The molecule has 93 heavy (non-hydrogen) atoms. The van der Waals surface area contributed by atoms with Crippen molar-refractivity contribution in [2.24, 2.45) is 0 Å². The van der Waals surface area contributed by atoms with Crippen molar-refractivity contribution < 1.29 is 78.2 Å². The van der Waals surface area contributed by atoms with Crippen molar-refractivity contribution >= 4 is 79.5 Å². The van der Waals surface area contributed by atoms with E-state index in [0.717, 1.165) is 50.1 Å². The van der Waals surface area contributed by atoms with Gasteiger partial charge in [-0.2, -0.15) is 0 Å². The Morgan fingerprint density at radius 2 is 0.796 bits per heavy atom. The molecule has 14 rings (SSSR count). The number of benzene rings is 3. The quantitative estimate of drug-likeness (QED) is 0.0511. The minimum Gasteiger partial charge on any atom is -0.386 e. The molecule has 5 aliphatic rings. The third-order valence-corrected chi connectivity index (χ3v) is 19.5. The molecule has 5 saturated heterocycles. The minimum atomic E-state index is -1.68. The van der Waals surface area contributed by atoms with Gasteiger partial charge in [0.15, 0.2) is 30.3 Å². The number of aliphatic hydroxyl groups is 5. The van der Waals surface area contributed by atoms with Crippen LogP contribution >= 0.6 is 46.4 Å². The van der Waals surface area contributed by atoms with Crippen molar-refractivity contribution in [2.75, 3.05) is 0 Å². The summed E-state index contributed by atoms with van der Waals surface area (Å²) in [6.45, 7) is 22.2. The van der Waals surface area contributed by atoms with Crippen LogP contribution in [0.25, 0.3) is 33.1 Å². The molecule has 5 N–H and O–H groups in total. The number of hydrogen-bond donors (Lipinski definition) is 5. The summed E-state index contributed by atoms with van der Waals surface area (Å²) in [7, 11) is 0. The summed E-state index contributed by atoms with van der Waals surface area (Å²) in [6, 6.07) is 21.7. The van der Waals surface area contributed by atoms with E-state index in [0.29, 0.717) is 48.0 Å². The van der Waals surface area contributed by atoms with E-state index < -0.39 is 102 Å². The predicted octanol–water partition coefficient (Wildman–Crippen LogP) is 12.2. The van der Waals surface area contributed by atoms with Crippen LogP contribution in [-0.4, -0.2) is 134 Å². The van der Waals surface area contributed by atoms with Crippen LogP contribution in [-0.2, 0) is 52.6 Å². The number of halogens is 4. The molecule has 0 amide bonds. The molecule has 21 nitrogen and oxygen atoms in total. The topological polar surface area (TPSA) is 258 Å². The maximum atomic E-state index is 11.4. The first-order chi connectivity index (χ1) is 42.4. The average molecular weight is 1410 g/mol. The van der Waals surface area contributed by atoms with Crippen LogP contribution in [0.15, 0.2) is 110 Å². The van der Waals surface area contributed by atoms with E-state index in [4.69, 9.17) is 79.6 Å². The molecule has 9 aromatic rings. The first-order valence-corrected chi connectivity index (χ1v) is 30.9. The molecular formula is C67H77Cl4N9O12Zn. The van der Waals surface area contributed by atoms with Gasteiger partial charge in [0.25, 0.3) is 0 Å². The van der Waals surface area contributed by atoms with Gasteiger partial charge in [-0.15, -0.1) is 0 Å². The summed E-state index contributed by atoms with van der Waals surface area (Å²) < 4.78 is 49.6. The molecule has 2 unspecified atom stereocenters. The summed E-state index contributed by atoms with van der Waals surface area (Å²) in [5.74, 6) is -1.66. The van der Waals surface area contributed by atoms with Gasteiger partial charge in [-0.25, -0.2) is 29.9 Å². The monoisotopic (exact) mass is 1400 g/mol. The van der Waals surface area contributed by atoms with Gasteiger partial charge >= 0.3 is 19.5 Å². The molecule has 11 heterocycles. The molecular weight excluding hydrogens is 1330 g/mol. The minimum absolute atomic E-state index is 0. The second-order valence-electron chi connectivity index (χ2n) is 25.3. The van der Waals surface area contributed by atoms with Gasteiger partial charge in [-0.3, -0.25) is 0 Å². The molecule has 0 spiro atoms. The zero-order chi connectivity index (χ0) is 64.5. The third kappa shape index (κ3) is 12.8. The Balaban J connectivity index is 0.000000162. The van der Waals surface area contributed by atoms with Crippen LogP contribution < -0.4 is 0 Å². The Bertz CT molecular complexity index is 4030. The van der Waals surface area contributed by atoms with Gasteiger partial charge in [-0.1, -0.05) is 82.8 Å². The van der Waals surface area contributed by atoms with E-state index in [1.807, 2.05) is 134 Å². The summed E-state index contributed by atoms with van der Waals surface area (Å²) >= 11 is 24.7. The fraction of sp³-hybridized carbons (Fsp3) is 0.433. The molecule has 6 aromatic heterocycles. The molecule has 0 saturated carbocycles. The molecule has 5 aliphatic heterocycles. The summed E-state index contributed by atoms with van der Waals surface area (Å²) in [6.07, 6.45) is 0.248. The number of rotatable bonds is 9. The summed E-state index contributed by atoms with van der Waals surface area (Å²) in [4.78, 5) is 25.6. The molecule has 492 valence electrons. The average Bonchev–Trinajstić information content (AvgIpc) is 1.56. The largest absolute Gasteiger partial charge is 2.00 e. The molecule has 26 heteroatoms. The van der Waals surface area contributed by atoms with E-state index >= 15 is 0 Å². The first-order valence-electron chi connectivity index (χ1n) is 29.4. The number of aromatic nitrogens is 9. The van der Waals surface area contributed by atoms with Crippen LogP contribution in [0.2, 0.25) is 20.2 Å². The molecule has 0 bridgehead atoms. The Morgan fingerprint density at radius 1 is 0.462 bits per heavy atom. The fourth-order valence-electron chi connectivity index (χ4n) is 13.4. The standard InChI is InChI=1S/C23H26ClN3O4.C22H23Cl2N3O4.C20H22ClN3O4.2CH3.Zn/c1-12-10-14(6-7-16(12)24)17(28)18-23(5)19(30-22(3,4)31-23)21(29-18)27-9-8-15-13(2)25-11-26-20(15)27;1-11-9-12(5-6-14(11)23)15(28)16-22(4)17(30-21(2,3)31-22)20(29-16)27-8-7-13-18(24)25-10-26-19(13)27;1-10-8-12(4-5-14(10)21)15(25)17-20(3,27)16(26)19(28-17)24-7-6-13-11(2)22-9-23-18(13)24;;;/h6-11,17-19,21,28H,1-5H3;5-10,15-17,20,28H,1-4H3;4-9,15-17,19,25-27H,1-3H3;2*1H3;/q;;;2*-1;+2/t17-,18?,19+,21-,23-;15-,16-,17+,20-,22-;15-,16+,17?,19-,20+;;;/m111.../s1. The van der Waals surface area contributed by atoms with E-state index in [1.165, 1.54) is 19.6 Å². The van der Waals surface area contributed by atoms with E-state index in [-0.39, 0.29) is 34.3 Å². The van der Waals surface area contributed by atoms with Crippen molar-refractivity contribution in [2.45, 2.75) is 185 Å². The molecule has 0 radical (unpaired) electrons. The van der Waals surface area contributed by atoms with Crippen LogP contribution in [0, 0.1) is 49.5 Å². The summed E-state index contributed by atoms with van der Waals surface area (Å²) in [5, 5.41) is 60.1. The Hall–Kier alpha value is -5.18. The smallest absolute Gasteiger partial charge is 0.386 e. The Kier molecular flexibility index (Phi) is 20.7. The van der Waals surface area contributed by atoms with Crippen LogP contribution in [0.3, 0.4) is 0 Å². The van der Waals surface area contributed by atoms with Crippen LogP contribution in [0.4, 0.5) is 0 Å². The zero-order valence-corrected chi connectivity index (χ0v) is 60.1. The van der Waals surface area contributed by atoms with Crippen LogP contribution in [0.1, 0.15) is 130 Å². The Morgan fingerprint density at radius 3 is 1.18 bits per heavy atom. The number of aryl methyl sites for hydroxylation is 5. The van der Waals surface area contributed by atoms with E-state index in [1.54, 1.807) is 53.5 Å². The Labute approximate surface area is 573 Å². The molecule has 0 aliphatic carbocycles. The van der Waals surface area contributed by atoms with Gasteiger partial charge < -0.3 is 87.2 Å². The van der Waals surface area contributed by atoms with Crippen molar-refractivity contribution in [3.05, 3.63) is 190 Å². The van der Waals surface area contributed by atoms with Crippen LogP contribution in [0.5, 0.6) is 0 Å². The fourth-order valence-corrected chi connectivity index (χ4v) is 13.9. The van der Waals surface area contributed by atoms with Gasteiger partial charge in [-0.05, 0) is 153 Å². The van der Waals surface area contributed by atoms with Crippen molar-refractivity contribution in [3.8, 4) is 0 Å². The van der Waals surface area contributed by atoms with Crippen molar-refractivity contribution in [1.29, 1.82) is 0 Å². The first kappa shape index (κ1) is 72.1. The van der Waals surface area contributed by atoms with Gasteiger partial charge in [0.2, 0.25) is 0 Å². The number of ether oxygens (including phenoxy) is 7. The molecule has 5 fully saturated rings. The maximum absolute atomic E-state index is 11.4. The second-order valence-corrected chi connectivity index (χ2v) is 26.9. The number of fused-ring (bicyclic) bond motifs is 5. The van der Waals surface area contributed by atoms with Crippen molar-refractivity contribution in [1.82, 2.24) is 43.6 Å². The van der Waals surface area contributed by atoms with E-state index in [2.05, 4.69) is 29.9 Å². The third-order valence-electron chi connectivity index (χ3n) is 18.0. The van der Waals surface area contributed by atoms with Gasteiger partial charge in [0, 0.05) is 44.4 Å². The number of aliphatic hydroxyl groups excluding tert-OH is 4. The van der Waals surface area contributed by atoms with Gasteiger partial charge in [0.05, 0.1) is 16.8 Å². The number of hydrogen-bond acceptors (Lipinski definition) is 18. The van der Waals surface area contributed by atoms with Crippen molar-refractivity contribution in [3.63, 3.8) is 0 Å². The molecule has 3 aromatic carbocycles. The maximum Gasteiger partial charge on any atom is 2.00 e. The summed E-state index contributed by atoms with van der Waals surface area (Å²) in [5.41, 5.74) is 4.73. The van der Waals surface area contributed by atoms with E-state index in [9.17, 15) is 25.5 Å². The SMILES string of the molecule is Cc1cc([C@@H](O)C2O[C@@H](n3ccc4c(C)ncnc43)[C@@H]3OC(C)(C)O[C@]23C)ccc1Cl.Cc1cc([C@@H](O)C2O[C@@H](n3ccc4c(C)ncnc43)[C@H](O)[C@]2(C)O)ccc1Cl.Cc1cc([C@@H](O)[C@H]2O[C@@H](n3ccc4c(Cl)ncnc43)[C@@H]3OC(C)(C)O[C@]23C)ccc1Cl.[CH3-].[CH3-].[Zn+2]. The molecule has 15 atom stereocenters. The van der Waals surface area contributed by atoms with Gasteiger partial charge in [0.1, 0.15) is 113 Å². The normalized spacial score (nSPS) is 29.1. The predicted molar refractivity (Wildman–Crippen MR) is 349 cm³/mol.